The van der Waals surface area contributed by atoms with E-state index in [1.165, 1.54) is 5.39 Å². The van der Waals surface area contributed by atoms with E-state index >= 15 is 0 Å². The van der Waals surface area contributed by atoms with Crippen molar-refractivity contribution in [1.82, 2.24) is 0 Å². The summed E-state index contributed by atoms with van der Waals surface area (Å²) in [6, 6.07) is 23.9. The second-order valence-corrected chi connectivity index (χ2v) is 4.80. The second-order valence-electron chi connectivity index (χ2n) is 4.80. The predicted octanol–water partition coefficient (Wildman–Crippen LogP) is 3.97. The molecule has 0 saturated heterocycles. The molecule has 0 aliphatic carbocycles. The Bertz CT molecular complexity index is 747. The molecule has 3 aromatic carbocycles. The molecule has 0 spiro atoms. The summed E-state index contributed by atoms with van der Waals surface area (Å²) in [6.07, 6.45) is 1.64. The zero-order valence-corrected chi connectivity index (χ0v) is 11.1. The SMILES string of the molecule is [O-]/[N+](=C\c1ccc2ccccc2c1)Cc1ccccc1. The fourth-order valence-electron chi connectivity index (χ4n) is 2.26. The van der Waals surface area contributed by atoms with E-state index in [2.05, 4.69) is 12.1 Å². The Morgan fingerprint density at radius 1 is 0.800 bits per heavy atom. The molecule has 2 nitrogen and oxygen atoms in total. The largest absolute Gasteiger partial charge is 0.624 e. The first-order valence-electron chi connectivity index (χ1n) is 6.63. The van der Waals surface area contributed by atoms with E-state index in [0.717, 1.165) is 21.3 Å². The summed E-state index contributed by atoms with van der Waals surface area (Å²) in [4.78, 5) is 0. The zero-order valence-electron chi connectivity index (χ0n) is 11.1. The molecule has 0 amide bonds. The third-order valence-corrected chi connectivity index (χ3v) is 3.25. The highest BCUT2D eigenvalue weighted by molar-refractivity contribution is 5.89. The van der Waals surface area contributed by atoms with Crippen molar-refractivity contribution in [2.45, 2.75) is 6.54 Å². The lowest BCUT2D eigenvalue weighted by atomic mass is 10.1. The fourth-order valence-corrected chi connectivity index (χ4v) is 2.26. The predicted molar refractivity (Wildman–Crippen MR) is 82.9 cm³/mol. The van der Waals surface area contributed by atoms with Crippen molar-refractivity contribution in [2.24, 2.45) is 0 Å². The maximum absolute atomic E-state index is 12.0. The van der Waals surface area contributed by atoms with Crippen LogP contribution < -0.4 is 0 Å². The minimum Gasteiger partial charge on any atom is -0.624 e. The van der Waals surface area contributed by atoms with Gasteiger partial charge >= 0.3 is 0 Å². The number of hydrogen-bond acceptors (Lipinski definition) is 1. The van der Waals surface area contributed by atoms with Crippen LogP contribution in [0.25, 0.3) is 10.8 Å². The summed E-state index contributed by atoms with van der Waals surface area (Å²) in [5, 5.41) is 14.3. The summed E-state index contributed by atoms with van der Waals surface area (Å²) in [5.41, 5.74) is 1.94. The lowest BCUT2D eigenvalue weighted by Gasteiger charge is -2.04. The highest BCUT2D eigenvalue weighted by atomic mass is 16.5. The van der Waals surface area contributed by atoms with Crippen molar-refractivity contribution < 1.29 is 4.74 Å². The average molecular weight is 261 g/mol. The molecule has 98 valence electrons. The molecule has 3 rings (SSSR count). The zero-order chi connectivity index (χ0) is 13.8. The topological polar surface area (TPSA) is 26.1 Å². The molecule has 2 heteroatoms. The van der Waals surface area contributed by atoms with Crippen molar-refractivity contribution in [3.05, 3.63) is 89.1 Å². The molecule has 0 radical (unpaired) electrons. The van der Waals surface area contributed by atoms with Gasteiger partial charge in [0.25, 0.3) is 0 Å². The molecule has 0 aliphatic rings. The van der Waals surface area contributed by atoms with Crippen LogP contribution in [-0.4, -0.2) is 11.0 Å². The molecule has 0 N–H and O–H groups in total. The van der Waals surface area contributed by atoms with Gasteiger partial charge < -0.3 is 5.21 Å². The molecule has 0 bridgehead atoms. The fraction of sp³-hybridized carbons (Fsp3) is 0.0556. The van der Waals surface area contributed by atoms with Crippen LogP contribution in [0.2, 0.25) is 0 Å². The first-order valence-corrected chi connectivity index (χ1v) is 6.63. The standard InChI is InChI=1S/C18H15NO/c20-19(13-15-6-2-1-3-7-15)14-16-10-11-17-8-4-5-9-18(17)12-16/h1-12,14H,13H2/b19-14-. The van der Waals surface area contributed by atoms with Gasteiger partial charge in [-0.1, -0.05) is 60.7 Å². The van der Waals surface area contributed by atoms with Gasteiger partial charge in [-0.25, -0.2) is 4.74 Å². The van der Waals surface area contributed by atoms with Crippen LogP contribution in [0.1, 0.15) is 11.1 Å². The van der Waals surface area contributed by atoms with E-state index < -0.39 is 0 Å². The van der Waals surface area contributed by atoms with Gasteiger partial charge in [0.1, 0.15) is 0 Å². The Hall–Kier alpha value is -2.61. The molecule has 0 unspecified atom stereocenters. The minimum atomic E-state index is 0.369. The minimum absolute atomic E-state index is 0.369. The summed E-state index contributed by atoms with van der Waals surface area (Å²) in [7, 11) is 0. The highest BCUT2D eigenvalue weighted by Gasteiger charge is 2.00. The summed E-state index contributed by atoms with van der Waals surface area (Å²) >= 11 is 0. The van der Waals surface area contributed by atoms with Gasteiger partial charge in [0, 0.05) is 11.1 Å². The molecule has 0 saturated carbocycles. The van der Waals surface area contributed by atoms with Gasteiger partial charge in [-0.3, -0.25) is 0 Å². The van der Waals surface area contributed by atoms with E-state index in [4.69, 9.17) is 0 Å². The first-order chi connectivity index (χ1) is 9.81. The van der Waals surface area contributed by atoms with Crippen molar-refractivity contribution in [3.63, 3.8) is 0 Å². The summed E-state index contributed by atoms with van der Waals surface area (Å²) < 4.78 is 0.972. The van der Waals surface area contributed by atoms with Crippen molar-refractivity contribution in [3.8, 4) is 0 Å². The Morgan fingerprint density at radius 3 is 2.30 bits per heavy atom. The monoisotopic (exact) mass is 261 g/mol. The molecule has 0 heterocycles. The molecular weight excluding hydrogens is 246 g/mol. The Balaban J connectivity index is 1.85. The number of benzene rings is 3. The maximum atomic E-state index is 12.0. The normalized spacial score (nSPS) is 11.7. The maximum Gasteiger partial charge on any atom is 0.182 e. The van der Waals surface area contributed by atoms with E-state index in [-0.39, 0.29) is 0 Å². The Morgan fingerprint density at radius 2 is 1.50 bits per heavy atom. The number of nitrogens with zero attached hydrogens (tertiary/aromatic N) is 1. The Labute approximate surface area is 118 Å². The first kappa shape index (κ1) is 12.4. The highest BCUT2D eigenvalue weighted by Crippen LogP contribution is 2.14. The summed E-state index contributed by atoms with van der Waals surface area (Å²) in [6.45, 7) is 0.369. The Kier molecular flexibility index (Phi) is 3.46. The van der Waals surface area contributed by atoms with Crippen LogP contribution in [0, 0.1) is 5.21 Å². The van der Waals surface area contributed by atoms with E-state index in [1.807, 2.05) is 60.7 Å². The molecule has 20 heavy (non-hydrogen) atoms. The smallest absolute Gasteiger partial charge is 0.182 e. The molecule has 0 fully saturated rings. The number of fused-ring (bicyclic) bond motifs is 1. The van der Waals surface area contributed by atoms with Crippen LogP contribution >= 0.6 is 0 Å². The van der Waals surface area contributed by atoms with Crippen molar-refractivity contribution in [1.29, 1.82) is 0 Å². The van der Waals surface area contributed by atoms with Crippen LogP contribution in [0.15, 0.2) is 72.8 Å². The van der Waals surface area contributed by atoms with E-state index in [0.29, 0.717) is 6.54 Å². The van der Waals surface area contributed by atoms with Gasteiger partial charge in [-0.15, -0.1) is 0 Å². The van der Waals surface area contributed by atoms with Crippen LogP contribution in [0.5, 0.6) is 0 Å². The molecule has 0 atom stereocenters. The quantitative estimate of drug-likeness (QED) is 0.303. The van der Waals surface area contributed by atoms with Crippen LogP contribution in [0.4, 0.5) is 0 Å². The molecule has 3 aromatic rings. The lowest BCUT2D eigenvalue weighted by molar-refractivity contribution is -0.469. The van der Waals surface area contributed by atoms with Crippen molar-refractivity contribution >= 4 is 17.0 Å². The van der Waals surface area contributed by atoms with E-state index in [9.17, 15) is 5.21 Å². The number of hydroxylamine groups is 1. The molecule has 0 aromatic heterocycles. The molecule has 0 aliphatic heterocycles. The van der Waals surface area contributed by atoms with Crippen LogP contribution in [-0.2, 0) is 6.54 Å². The lowest BCUT2D eigenvalue weighted by Crippen LogP contribution is -2.05. The van der Waals surface area contributed by atoms with Gasteiger partial charge in [0.15, 0.2) is 12.8 Å². The van der Waals surface area contributed by atoms with Crippen LogP contribution in [0.3, 0.4) is 0 Å². The number of rotatable bonds is 3. The number of hydrogen-bond donors (Lipinski definition) is 0. The van der Waals surface area contributed by atoms with E-state index in [1.54, 1.807) is 6.21 Å². The van der Waals surface area contributed by atoms with Crippen molar-refractivity contribution in [2.75, 3.05) is 0 Å². The second kappa shape index (κ2) is 5.57. The summed E-state index contributed by atoms with van der Waals surface area (Å²) in [5.74, 6) is 0. The van der Waals surface area contributed by atoms with Gasteiger partial charge in [0.05, 0.1) is 0 Å². The molecular formula is C18H15NO. The van der Waals surface area contributed by atoms with Gasteiger partial charge in [-0.2, -0.15) is 0 Å². The van der Waals surface area contributed by atoms with Gasteiger partial charge in [-0.05, 0) is 22.9 Å². The van der Waals surface area contributed by atoms with Gasteiger partial charge in [0.2, 0.25) is 0 Å². The third kappa shape index (κ3) is 2.86. The average Bonchev–Trinajstić information content (AvgIpc) is 2.48. The third-order valence-electron chi connectivity index (χ3n) is 3.25.